The summed E-state index contributed by atoms with van der Waals surface area (Å²) in [4.78, 5) is 27.2. The summed E-state index contributed by atoms with van der Waals surface area (Å²) in [5.74, 6) is 1.80. The number of nitrogens with zero attached hydrogens (tertiary/aromatic N) is 4. The summed E-state index contributed by atoms with van der Waals surface area (Å²) < 4.78 is 12.9. The number of ether oxygens (including phenoxy) is 2. The molecule has 5 heterocycles. The third kappa shape index (κ3) is 6.07. The van der Waals surface area contributed by atoms with Crippen LogP contribution in [-0.4, -0.2) is 76.1 Å². The number of benzene rings is 2. The van der Waals surface area contributed by atoms with E-state index >= 15 is 0 Å². The van der Waals surface area contributed by atoms with Gasteiger partial charge >= 0.3 is 0 Å². The van der Waals surface area contributed by atoms with Gasteiger partial charge in [0.1, 0.15) is 29.2 Å². The molecule has 1 aromatic heterocycles. The van der Waals surface area contributed by atoms with Crippen LogP contribution in [0, 0.1) is 13.8 Å². The quantitative estimate of drug-likeness (QED) is 0.381. The number of para-hydroxylation sites is 1. The number of aryl methyl sites for hydroxylation is 1. The van der Waals surface area contributed by atoms with Crippen molar-refractivity contribution in [2.75, 3.05) is 38.0 Å². The van der Waals surface area contributed by atoms with E-state index in [-0.39, 0.29) is 23.7 Å². The number of fused-ring (bicyclic) bond motifs is 1. The fourth-order valence-corrected chi connectivity index (χ4v) is 7.66. The van der Waals surface area contributed by atoms with Gasteiger partial charge in [0, 0.05) is 63.6 Å². The van der Waals surface area contributed by atoms with Gasteiger partial charge in [-0.05, 0) is 63.1 Å². The van der Waals surface area contributed by atoms with Crippen LogP contribution in [0.1, 0.15) is 83.8 Å². The van der Waals surface area contributed by atoms with E-state index in [4.69, 9.17) is 9.47 Å². The Labute approximate surface area is 261 Å². The highest BCUT2D eigenvalue weighted by Gasteiger charge is 2.43. The van der Waals surface area contributed by atoms with Gasteiger partial charge in [-0.1, -0.05) is 48.0 Å². The van der Waals surface area contributed by atoms with E-state index in [1.165, 1.54) is 23.0 Å². The van der Waals surface area contributed by atoms with Crippen LogP contribution < -0.4 is 10.1 Å². The Morgan fingerprint density at radius 2 is 1.73 bits per heavy atom. The molecule has 7 rings (SSSR count). The number of carbonyl (C=O) groups is 1. The molecule has 0 bridgehead atoms. The van der Waals surface area contributed by atoms with Gasteiger partial charge in [0.05, 0.1) is 12.2 Å². The second-order valence-electron chi connectivity index (χ2n) is 13.3. The molecule has 2 aromatic carbocycles. The Kier molecular flexibility index (Phi) is 8.29. The molecule has 232 valence electrons. The van der Waals surface area contributed by atoms with Crippen molar-refractivity contribution >= 4 is 11.7 Å². The van der Waals surface area contributed by atoms with Gasteiger partial charge in [0.2, 0.25) is 0 Å². The highest BCUT2D eigenvalue weighted by atomic mass is 16.5. The maximum absolute atomic E-state index is 13.6. The Morgan fingerprint density at radius 1 is 0.955 bits per heavy atom. The van der Waals surface area contributed by atoms with Crippen molar-refractivity contribution in [3.8, 4) is 5.75 Å². The van der Waals surface area contributed by atoms with Crippen molar-refractivity contribution in [1.82, 2.24) is 19.8 Å². The summed E-state index contributed by atoms with van der Waals surface area (Å²) in [5, 5.41) is 3.47. The number of nitrogens with one attached hydrogen (secondary N) is 1. The zero-order valence-corrected chi connectivity index (χ0v) is 26.1. The second kappa shape index (κ2) is 12.5. The molecule has 0 unspecified atom stereocenters. The monoisotopic (exact) mass is 595 g/mol. The summed E-state index contributed by atoms with van der Waals surface area (Å²) >= 11 is 0. The summed E-state index contributed by atoms with van der Waals surface area (Å²) in [7, 11) is 0. The van der Waals surface area contributed by atoms with Crippen molar-refractivity contribution in [2.24, 2.45) is 0 Å². The molecule has 4 aliphatic heterocycles. The number of amides is 1. The van der Waals surface area contributed by atoms with Crippen LogP contribution >= 0.6 is 0 Å². The number of carbonyl (C=O) groups excluding carboxylic acids is 1. The van der Waals surface area contributed by atoms with Gasteiger partial charge < -0.3 is 19.7 Å². The number of likely N-dealkylation sites (tertiary alicyclic amines) is 2. The zero-order valence-electron chi connectivity index (χ0n) is 26.1. The van der Waals surface area contributed by atoms with E-state index < -0.39 is 0 Å². The lowest BCUT2D eigenvalue weighted by molar-refractivity contribution is -0.0442. The molecule has 3 fully saturated rings. The molecule has 0 aliphatic carbocycles. The van der Waals surface area contributed by atoms with Gasteiger partial charge in [0.25, 0.3) is 5.91 Å². The minimum absolute atomic E-state index is 0.00877. The number of hydrogen-bond acceptors (Lipinski definition) is 7. The normalized spacial score (nSPS) is 23.7. The van der Waals surface area contributed by atoms with Crippen molar-refractivity contribution in [1.29, 1.82) is 0 Å². The van der Waals surface area contributed by atoms with Crippen molar-refractivity contribution in [2.45, 2.75) is 89.1 Å². The van der Waals surface area contributed by atoms with Gasteiger partial charge in [0.15, 0.2) is 0 Å². The topological polar surface area (TPSA) is 79.8 Å². The van der Waals surface area contributed by atoms with Crippen molar-refractivity contribution in [3.63, 3.8) is 0 Å². The number of anilines is 1. The third-order valence-corrected chi connectivity index (χ3v) is 10.4. The molecule has 8 nitrogen and oxygen atoms in total. The predicted molar refractivity (Wildman–Crippen MR) is 171 cm³/mol. The highest BCUT2D eigenvalue weighted by molar-refractivity contribution is 5.94. The lowest BCUT2D eigenvalue weighted by atomic mass is 9.86. The van der Waals surface area contributed by atoms with Crippen LogP contribution in [0.4, 0.5) is 5.82 Å². The van der Waals surface area contributed by atoms with E-state index in [0.717, 1.165) is 94.7 Å². The van der Waals surface area contributed by atoms with Gasteiger partial charge in [-0.3, -0.25) is 9.69 Å². The molecule has 4 aliphatic rings. The first-order valence-corrected chi connectivity index (χ1v) is 16.5. The number of hydrogen-bond donors (Lipinski definition) is 1. The van der Waals surface area contributed by atoms with Crippen LogP contribution in [0.5, 0.6) is 5.75 Å². The van der Waals surface area contributed by atoms with Gasteiger partial charge in [-0.2, -0.15) is 0 Å². The van der Waals surface area contributed by atoms with Gasteiger partial charge in [-0.25, -0.2) is 9.97 Å². The van der Waals surface area contributed by atoms with Crippen LogP contribution in [0.25, 0.3) is 0 Å². The smallest absolute Gasteiger partial charge is 0.272 e. The SMILES string of the molecule is Cc1ccc([C@@H]2CCC[C@H](CNc3ncnc(C(=O)N4CCC(N5CCC6(CC5)Cc5ccccc5O6)CC4)c3C)O2)cc1. The zero-order chi connectivity index (χ0) is 30.1. The van der Waals surface area contributed by atoms with E-state index in [2.05, 4.69) is 75.6 Å². The molecule has 1 spiro atoms. The molecular formula is C36H45N5O3. The average Bonchev–Trinajstić information content (AvgIpc) is 3.42. The Bertz CT molecular complexity index is 1430. The average molecular weight is 596 g/mol. The molecule has 44 heavy (non-hydrogen) atoms. The molecule has 2 atom stereocenters. The molecule has 0 radical (unpaired) electrons. The van der Waals surface area contributed by atoms with E-state index in [9.17, 15) is 4.79 Å². The molecular weight excluding hydrogens is 550 g/mol. The molecule has 1 N–H and O–H groups in total. The summed E-state index contributed by atoms with van der Waals surface area (Å²) in [6, 6.07) is 17.7. The maximum atomic E-state index is 13.6. The standard InChI is InChI=1S/C36H45N5O3/c1-25-10-12-27(13-11-25)31-9-5-7-30(43-31)23-37-34-26(2)33(38-24-39-34)35(42)41-18-14-29(15-19-41)40-20-16-36(17-21-40)22-28-6-3-4-8-32(28)44-36/h3-4,6,8,10-13,24,29-31H,5,7,9,14-23H2,1-2H3,(H,37,38,39)/t30-,31+/m1/s1. The van der Waals surface area contributed by atoms with E-state index in [1.54, 1.807) is 0 Å². The summed E-state index contributed by atoms with van der Waals surface area (Å²) in [5.41, 5.74) is 5.14. The fourth-order valence-electron chi connectivity index (χ4n) is 7.66. The molecule has 0 saturated carbocycles. The number of rotatable bonds is 6. The van der Waals surface area contributed by atoms with Gasteiger partial charge in [-0.15, -0.1) is 0 Å². The molecule has 1 amide bonds. The summed E-state index contributed by atoms with van der Waals surface area (Å²) in [6.45, 7) is 8.36. The third-order valence-electron chi connectivity index (χ3n) is 10.4. The van der Waals surface area contributed by atoms with Crippen LogP contribution in [0.15, 0.2) is 54.9 Å². The lowest BCUT2D eigenvalue weighted by Crippen LogP contribution is -2.53. The van der Waals surface area contributed by atoms with Crippen LogP contribution in [0.3, 0.4) is 0 Å². The Hall–Kier alpha value is -3.49. The van der Waals surface area contributed by atoms with Crippen LogP contribution in [-0.2, 0) is 11.2 Å². The first-order valence-electron chi connectivity index (χ1n) is 16.5. The minimum Gasteiger partial charge on any atom is -0.487 e. The summed E-state index contributed by atoms with van der Waals surface area (Å²) in [6.07, 6.45) is 10.1. The predicted octanol–water partition coefficient (Wildman–Crippen LogP) is 5.89. The van der Waals surface area contributed by atoms with Crippen molar-refractivity contribution in [3.05, 3.63) is 82.8 Å². The van der Waals surface area contributed by atoms with Crippen molar-refractivity contribution < 1.29 is 14.3 Å². The largest absolute Gasteiger partial charge is 0.487 e. The minimum atomic E-state index is -0.0287. The first-order chi connectivity index (χ1) is 21.5. The molecule has 8 heteroatoms. The van der Waals surface area contributed by atoms with Crippen LogP contribution in [0.2, 0.25) is 0 Å². The molecule has 3 aromatic rings. The maximum Gasteiger partial charge on any atom is 0.272 e. The Balaban J connectivity index is 0.901. The second-order valence-corrected chi connectivity index (χ2v) is 13.3. The number of aromatic nitrogens is 2. The fraction of sp³-hybridized carbons (Fsp3) is 0.528. The van der Waals surface area contributed by atoms with E-state index in [0.29, 0.717) is 18.3 Å². The number of piperidine rings is 2. The lowest BCUT2D eigenvalue weighted by Gasteiger charge is -2.44. The van der Waals surface area contributed by atoms with E-state index in [1.807, 2.05) is 11.8 Å². The highest BCUT2D eigenvalue weighted by Crippen LogP contribution is 2.41. The Morgan fingerprint density at radius 3 is 2.50 bits per heavy atom. The first kappa shape index (κ1) is 29.2. The molecule has 3 saturated heterocycles.